The van der Waals surface area contributed by atoms with Crippen molar-refractivity contribution < 1.29 is 9.53 Å². The molecule has 35 heavy (non-hydrogen) atoms. The predicted octanol–water partition coefficient (Wildman–Crippen LogP) is 5.17. The van der Waals surface area contributed by atoms with Crippen molar-refractivity contribution in [2.75, 3.05) is 30.3 Å². The zero-order valence-corrected chi connectivity index (χ0v) is 20.9. The van der Waals surface area contributed by atoms with Crippen LogP contribution in [0.15, 0.2) is 36.8 Å². The molecule has 1 saturated heterocycles. The number of likely N-dealkylation sites (tertiary alicyclic amines) is 1. The van der Waals surface area contributed by atoms with Gasteiger partial charge in [0.2, 0.25) is 11.8 Å². The van der Waals surface area contributed by atoms with E-state index in [0.29, 0.717) is 27.7 Å². The number of hydrogen-bond acceptors (Lipinski definition) is 7. The second-order valence-electron chi connectivity index (χ2n) is 8.78. The van der Waals surface area contributed by atoms with Crippen LogP contribution < -0.4 is 15.4 Å². The number of carbonyl (C=O) groups is 1. The van der Waals surface area contributed by atoms with Gasteiger partial charge in [0.15, 0.2) is 0 Å². The first-order chi connectivity index (χ1) is 17.0. The summed E-state index contributed by atoms with van der Waals surface area (Å²) >= 11 is 12.4. The molecule has 2 N–H and O–H groups in total. The number of ether oxygens (including phenoxy) is 1. The zero-order chi connectivity index (χ0) is 24.4. The second-order valence-corrected chi connectivity index (χ2v) is 9.59. The molecule has 9 nitrogen and oxygen atoms in total. The minimum atomic E-state index is -0.451. The van der Waals surface area contributed by atoms with E-state index in [-0.39, 0.29) is 17.5 Å². The quantitative estimate of drug-likeness (QED) is 0.426. The van der Waals surface area contributed by atoms with Crippen LogP contribution in [0.1, 0.15) is 49.0 Å². The highest BCUT2D eigenvalue weighted by atomic mass is 35.5. The molecular formula is C24H27Cl2N7O2. The molecule has 0 atom stereocenters. The SMILES string of the molecule is CCN1CCC(n2cc(Nc3ncc(C(=O)Nc4c(Cl)cccc4Cl)c(OC4CC4)n3)cn2)CC1. The summed E-state index contributed by atoms with van der Waals surface area (Å²) in [5.41, 5.74) is 1.31. The lowest BCUT2D eigenvalue weighted by Crippen LogP contribution is -2.34. The maximum absolute atomic E-state index is 13.0. The predicted molar refractivity (Wildman–Crippen MR) is 136 cm³/mol. The number of nitrogens with one attached hydrogen (secondary N) is 2. The minimum absolute atomic E-state index is 0.0462. The van der Waals surface area contributed by atoms with E-state index < -0.39 is 5.91 Å². The van der Waals surface area contributed by atoms with Gasteiger partial charge in [-0.1, -0.05) is 36.2 Å². The molecule has 1 aromatic carbocycles. The first-order valence-electron chi connectivity index (χ1n) is 11.8. The third-order valence-corrected chi connectivity index (χ3v) is 6.87. The van der Waals surface area contributed by atoms with Gasteiger partial charge in [0.1, 0.15) is 11.7 Å². The number of piperidine rings is 1. The number of halogens is 2. The summed E-state index contributed by atoms with van der Waals surface area (Å²) in [4.78, 5) is 24.3. The summed E-state index contributed by atoms with van der Waals surface area (Å²) in [6.07, 6.45) is 9.21. The van der Waals surface area contributed by atoms with E-state index in [4.69, 9.17) is 27.9 Å². The Hall–Kier alpha value is -2.88. The van der Waals surface area contributed by atoms with Crippen molar-refractivity contribution in [2.45, 2.75) is 44.8 Å². The summed E-state index contributed by atoms with van der Waals surface area (Å²) in [5, 5.41) is 11.1. The van der Waals surface area contributed by atoms with Gasteiger partial charge in [-0.15, -0.1) is 0 Å². The average molecular weight is 516 g/mol. The molecule has 1 aliphatic carbocycles. The number of rotatable bonds is 8. The first-order valence-corrected chi connectivity index (χ1v) is 12.6. The molecule has 1 amide bonds. The lowest BCUT2D eigenvalue weighted by molar-refractivity contribution is 0.102. The van der Waals surface area contributed by atoms with Crippen LogP contribution in [0.25, 0.3) is 0 Å². The Labute approximate surface area is 213 Å². The monoisotopic (exact) mass is 515 g/mol. The van der Waals surface area contributed by atoms with Crippen molar-refractivity contribution in [1.82, 2.24) is 24.6 Å². The molecule has 0 spiro atoms. The van der Waals surface area contributed by atoms with Crippen LogP contribution in [0.2, 0.25) is 10.0 Å². The molecule has 5 rings (SSSR count). The number of amides is 1. The van der Waals surface area contributed by atoms with Crippen molar-refractivity contribution in [3.63, 3.8) is 0 Å². The molecule has 0 unspecified atom stereocenters. The highest BCUT2D eigenvalue weighted by Gasteiger charge is 2.28. The van der Waals surface area contributed by atoms with Crippen molar-refractivity contribution in [2.24, 2.45) is 0 Å². The smallest absolute Gasteiger partial charge is 0.262 e. The van der Waals surface area contributed by atoms with Crippen molar-refractivity contribution in [3.8, 4) is 5.88 Å². The Morgan fingerprint density at radius 3 is 2.57 bits per heavy atom. The number of para-hydroxylation sites is 1. The Kier molecular flexibility index (Phi) is 7.08. The molecular weight excluding hydrogens is 489 g/mol. The summed E-state index contributed by atoms with van der Waals surface area (Å²) < 4.78 is 7.94. The van der Waals surface area contributed by atoms with Gasteiger partial charge >= 0.3 is 0 Å². The van der Waals surface area contributed by atoms with Crippen LogP contribution >= 0.6 is 23.2 Å². The fraction of sp³-hybridized carbons (Fsp3) is 0.417. The van der Waals surface area contributed by atoms with Crippen LogP contribution in [0, 0.1) is 0 Å². The molecule has 184 valence electrons. The Morgan fingerprint density at radius 1 is 1.14 bits per heavy atom. The molecule has 11 heteroatoms. The van der Waals surface area contributed by atoms with E-state index in [1.165, 1.54) is 6.20 Å². The van der Waals surface area contributed by atoms with Gasteiger partial charge in [-0.05, 0) is 44.4 Å². The minimum Gasteiger partial charge on any atom is -0.474 e. The number of aromatic nitrogens is 4. The number of carbonyl (C=O) groups excluding carboxylic acids is 1. The van der Waals surface area contributed by atoms with E-state index in [9.17, 15) is 4.79 Å². The van der Waals surface area contributed by atoms with Gasteiger partial charge in [-0.25, -0.2) is 4.98 Å². The average Bonchev–Trinajstić information content (AvgIpc) is 3.56. The maximum Gasteiger partial charge on any atom is 0.262 e. The Balaban J connectivity index is 1.31. The molecule has 2 aromatic heterocycles. The summed E-state index contributed by atoms with van der Waals surface area (Å²) in [5.74, 6) is 0.0896. The first kappa shape index (κ1) is 23.8. The van der Waals surface area contributed by atoms with Gasteiger partial charge in [0.05, 0.1) is 33.7 Å². The van der Waals surface area contributed by atoms with Gasteiger partial charge in [0, 0.05) is 25.5 Å². The highest BCUT2D eigenvalue weighted by Crippen LogP contribution is 2.33. The van der Waals surface area contributed by atoms with Gasteiger partial charge < -0.3 is 20.3 Å². The molecule has 0 radical (unpaired) electrons. The van der Waals surface area contributed by atoms with Gasteiger partial charge in [-0.3, -0.25) is 9.48 Å². The molecule has 1 aliphatic heterocycles. The fourth-order valence-electron chi connectivity index (χ4n) is 4.05. The largest absolute Gasteiger partial charge is 0.474 e. The molecule has 1 saturated carbocycles. The maximum atomic E-state index is 13.0. The number of benzene rings is 1. The zero-order valence-electron chi connectivity index (χ0n) is 19.4. The number of nitrogens with zero attached hydrogens (tertiary/aromatic N) is 5. The molecule has 0 bridgehead atoms. The molecule has 2 fully saturated rings. The summed E-state index contributed by atoms with van der Waals surface area (Å²) in [7, 11) is 0. The second kappa shape index (κ2) is 10.4. The highest BCUT2D eigenvalue weighted by molar-refractivity contribution is 6.40. The summed E-state index contributed by atoms with van der Waals surface area (Å²) in [6.45, 7) is 5.44. The van der Waals surface area contributed by atoms with Gasteiger partial charge in [-0.2, -0.15) is 10.1 Å². The summed E-state index contributed by atoms with van der Waals surface area (Å²) in [6, 6.07) is 5.40. The normalized spacial score (nSPS) is 16.8. The molecule has 2 aliphatic rings. The van der Waals surface area contributed by atoms with E-state index in [2.05, 4.69) is 37.5 Å². The third kappa shape index (κ3) is 5.69. The third-order valence-electron chi connectivity index (χ3n) is 6.24. The van der Waals surface area contributed by atoms with Gasteiger partial charge in [0.25, 0.3) is 5.91 Å². The van der Waals surface area contributed by atoms with E-state index in [1.807, 2.05) is 10.9 Å². The number of anilines is 3. The molecule has 3 heterocycles. The van der Waals surface area contributed by atoms with Crippen LogP contribution in [-0.2, 0) is 0 Å². The number of hydrogen-bond donors (Lipinski definition) is 2. The lowest BCUT2D eigenvalue weighted by atomic mass is 10.1. The molecule has 3 aromatic rings. The van der Waals surface area contributed by atoms with Crippen LogP contribution in [0.5, 0.6) is 5.88 Å². The van der Waals surface area contributed by atoms with Crippen LogP contribution in [0.3, 0.4) is 0 Å². The lowest BCUT2D eigenvalue weighted by Gasteiger charge is -2.31. The van der Waals surface area contributed by atoms with Crippen molar-refractivity contribution in [3.05, 3.63) is 52.4 Å². The topological polar surface area (TPSA) is 97.2 Å². The van der Waals surface area contributed by atoms with Crippen LogP contribution in [-0.4, -0.2) is 56.3 Å². The van der Waals surface area contributed by atoms with Crippen molar-refractivity contribution >= 4 is 46.4 Å². The Morgan fingerprint density at radius 2 is 1.89 bits per heavy atom. The van der Waals surface area contributed by atoms with E-state index in [0.717, 1.165) is 51.0 Å². The fourth-order valence-corrected chi connectivity index (χ4v) is 4.54. The van der Waals surface area contributed by atoms with E-state index >= 15 is 0 Å². The Bertz CT molecular complexity index is 1190. The van der Waals surface area contributed by atoms with Crippen LogP contribution in [0.4, 0.5) is 17.3 Å². The standard InChI is InChI=1S/C24H27Cl2N7O2/c1-2-32-10-8-16(9-11-32)33-14-15(12-28-33)29-24-27-13-18(23(31-24)35-17-6-7-17)22(34)30-21-19(25)4-3-5-20(21)26/h3-5,12-14,16-17H,2,6-11H2,1H3,(H,30,34)(H,27,29,31). The van der Waals surface area contributed by atoms with Crippen molar-refractivity contribution in [1.29, 1.82) is 0 Å². The van der Waals surface area contributed by atoms with E-state index in [1.54, 1.807) is 24.4 Å².